The molecule has 0 saturated heterocycles. The molecule has 5 heteroatoms. The van der Waals surface area contributed by atoms with Crippen LogP contribution in [0, 0.1) is 5.92 Å². The fourth-order valence-electron chi connectivity index (χ4n) is 2.44. The van der Waals surface area contributed by atoms with Crippen molar-refractivity contribution in [1.82, 2.24) is 0 Å². The van der Waals surface area contributed by atoms with Gasteiger partial charge in [0.1, 0.15) is 9.84 Å². The molecule has 0 aliphatic carbocycles. The number of aliphatic hydroxyl groups is 1. The van der Waals surface area contributed by atoms with Gasteiger partial charge in [-0.3, -0.25) is 0 Å². The number of para-hydroxylation sites is 1. The molecule has 0 amide bonds. The molecule has 1 aromatic rings. The highest BCUT2D eigenvalue weighted by atomic mass is 32.2. The highest BCUT2D eigenvalue weighted by Crippen LogP contribution is 2.20. The molecule has 0 aliphatic heterocycles. The lowest BCUT2D eigenvalue weighted by molar-refractivity contribution is 0.253. The molecule has 1 N–H and O–H groups in total. The second kappa shape index (κ2) is 7.64. The third-order valence-electron chi connectivity index (χ3n) is 3.31. The number of aliphatic hydroxyl groups excluding tert-OH is 1. The van der Waals surface area contributed by atoms with Crippen LogP contribution in [0.5, 0.6) is 0 Å². The van der Waals surface area contributed by atoms with E-state index >= 15 is 0 Å². The van der Waals surface area contributed by atoms with Gasteiger partial charge in [-0.15, -0.1) is 0 Å². The second-order valence-electron chi connectivity index (χ2n) is 5.43. The van der Waals surface area contributed by atoms with Crippen LogP contribution < -0.4 is 4.90 Å². The predicted molar refractivity (Wildman–Crippen MR) is 83.8 cm³/mol. The van der Waals surface area contributed by atoms with E-state index in [0.717, 1.165) is 12.1 Å². The van der Waals surface area contributed by atoms with Gasteiger partial charge in [0.15, 0.2) is 0 Å². The van der Waals surface area contributed by atoms with Gasteiger partial charge in [-0.05, 0) is 24.5 Å². The van der Waals surface area contributed by atoms with Gasteiger partial charge >= 0.3 is 0 Å². The van der Waals surface area contributed by atoms with E-state index in [1.165, 1.54) is 6.26 Å². The molecule has 2 unspecified atom stereocenters. The molecule has 4 nitrogen and oxygen atoms in total. The molecule has 0 fully saturated rings. The maximum Gasteiger partial charge on any atom is 0.147 e. The Kier molecular flexibility index (Phi) is 6.49. The van der Waals surface area contributed by atoms with Gasteiger partial charge in [0.2, 0.25) is 0 Å². The molecule has 0 radical (unpaired) electrons. The Morgan fingerprint density at radius 3 is 2.30 bits per heavy atom. The van der Waals surface area contributed by atoms with Gasteiger partial charge in [0.25, 0.3) is 0 Å². The summed E-state index contributed by atoms with van der Waals surface area (Å²) in [6.45, 7) is 4.65. The third kappa shape index (κ3) is 5.51. The van der Waals surface area contributed by atoms with Gasteiger partial charge in [-0.2, -0.15) is 0 Å². The van der Waals surface area contributed by atoms with Crippen molar-refractivity contribution in [1.29, 1.82) is 0 Å². The summed E-state index contributed by atoms with van der Waals surface area (Å²) in [6.07, 6.45) is 2.08. The minimum atomic E-state index is -2.98. The van der Waals surface area contributed by atoms with E-state index in [9.17, 15) is 13.5 Å². The van der Waals surface area contributed by atoms with E-state index in [-0.39, 0.29) is 24.3 Å². The third-order valence-corrected chi connectivity index (χ3v) is 4.48. The molecule has 114 valence electrons. The number of sulfone groups is 1. The summed E-state index contributed by atoms with van der Waals surface area (Å²) in [5.41, 5.74) is 1.02. The van der Waals surface area contributed by atoms with Crippen molar-refractivity contribution in [3.63, 3.8) is 0 Å². The van der Waals surface area contributed by atoms with Crippen LogP contribution in [-0.2, 0) is 9.84 Å². The van der Waals surface area contributed by atoms with E-state index in [2.05, 4.69) is 4.90 Å². The minimum absolute atomic E-state index is 0.0133. The minimum Gasteiger partial charge on any atom is -0.394 e. The number of benzene rings is 1. The first-order valence-electron chi connectivity index (χ1n) is 6.97. The first-order valence-corrected chi connectivity index (χ1v) is 9.03. The summed E-state index contributed by atoms with van der Waals surface area (Å²) in [6, 6.07) is 9.85. The lowest BCUT2D eigenvalue weighted by Crippen LogP contribution is -2.41. The zero-order valence-electron chi connectivity index (χ0n) is 12.5. The predicted octanol–water partition coefficient (Wildman–Crippen LogP) is 1.94. The summed E-state index contributed by atoms with van der Waals surface area (Å²) in [4.78, 5) is 2.11. The Labute approximate surface area is 122 Å². The highest BCUT2D eigenvalue weighted by Gasteiger charge is 2.20. The number of anilines is 1. The Bertz CT molecular complexity index is 483. The van der Waals surface area contributed by atoms with E-state index in [0.29, 0.717) is 6.54 Å². The molecular weight excluding hydrogens is 274 g/mol. The van der Waals surface area contributed by atoms with Crippen molar-refractivity contribution in [2.24, 2.45) is 5.92 Å². The zero-order valence-corrected chi connectivity index (χ0v) is 13.3. The zero-order chi connectivity index (χ0) is 15.2. The van der Waals surface area contributed by atoms with Crippen molar-refractivity contribution in [2.75, 3.05) is 30.1 Å². The summed E-state index contributed by atoms with van der Waals surface area (Å²) in [7, 11) is -2.98. The summed E-state index contributed by atoms with van der Waals surface area (Å²) < 4.78 is 22.8. The van der Waals surface area contributed by atoms with Crippen molar-refractivity contribution >= 4 is 15.5 Å². The maximum absolute atomic E-state index is 11.4. The molecule has 0 spiro atoms. The highest BCUT2D eigenvalue weighted by molar-refractivity contribution is 7.90. The molecule has 1 rings (SSSR count). The van der Waals surface area contributed by atoms with Crippen LogP contribution in [0.25, 0.3) is 0 Å². The van der Waals surface area contributed by atoms with Crippen molar-refractivity contribution < 1.29 is 13.5 Å². The maximum atomic E-state index is 11.4. The van der Waals surface area contributed by atoms with Crippen LogP contribution >= 0.6 is 0 Å². The van der Waals surface area contributed by atoms with Crippen molar-refractivity contribution in [2.45, 2.75) is 26.3 Å². The smallest absolute Gasteiger partial charge is 0.147 e. The normalized spacial score (nSPS) is 14.8. The number of hydrogen-bond donors (Lipinski definition) is 1. The summed E-state index contributed by atoms with van der Waals surface area (Å²) in [5, 5.41) is 9.54. The van der Waals surface area contributed by atoms with E-state index in [1.807, 2.05) is 44.2 Å². The topological polar surface area (TPSA) is 57.6 Å². The first kappa shape index (κ1) is 17.0. The van der Waals surface area contributed by atoms with Gasteiger partial charge in [0.05, 0.1) is 18.4 Å². The Morgan fingerprint density at radius 1 is 1.25 bits per heavy atom. The lowest BCUT2D eigenvalue weighted by atomic mass is 10.1. The number of nitrogens with zero attached hydrogens (tertiary/aromatic N) is 1. The Morgan fingerprint density at radius 2 is 1.85 bits per heavy atom. The fraction of sp³-hybridized carbons (Fsp3) is 0.600. The Hall–Kier alpha value is -1.07. The summed E-state index contributed by atoms with van der Waals surface area (Å²) >= 11 is 0. The molecule has 0 saturated carbocycles. The lowest BCUT2D eigenvalue weighted by Gasteiger charge is -2.34. The first-order chi connectivity index (χ1) is 9.37. The average molecular weight is 299 g/mol. The quantitative estimate of drug-likeness (QED) is 0.797. The van der Waals surface area contributed by atoms with Crippen LogP contribution in [0.1, 0.15) is 20.3 Å². The number of rotatable bonds is 8. The molecule has 0 bridgehead atoms. The molecule has 2 atom stereocenters. The number of hydrogen-bond acceptors (Lipinski definition) is 4. The van der Waals surface area contributed by atoms with E-state index in [4.69, 9.17) is 0 Å². The SMILES string of the molecule is CCC(CO)N(CC(C)CS(C)(=O)=O)c1ccccc1. The van der Waals surface area contributed by atoms with Crippen LogP contribution in [0.15, 0.2) is 30.3 Å². The average Bonchev–Trinajstić information content (AvgIpc) is 2.38. The monoisotopic (exact) mass is 299 g/mol. The van der Waals surface area contributed by atoms with Gasteiger partial charge in [-0.25, -0.2) is 8.42 Å². The van der Waals surface area contributed by atoms with Crippen LogP contribution in [0.3, 0.4) is 0 Å². The standard InChI is InChI=1S/C15H25NO3S/c1-4-14(11-17)16(15-8-6-5-7-9-15)10-13(2)12-20(3,18)19/h5-9,13-14,17H,4,10-12H2,1-3H3. The van der Waals surface area contributed by atoms with Crippen LogP contribution in [0.4, 0.5) is 5.69 Å². The van der Waals surface area contributed by atoms with Crippen molar-refractivity contribution in [3.05, 3.63) is 30.3 Å². The van der Waals surface area contributed by atoms with Gasteiger partial charge in [0, 0.05) is 18.5 Å². The second-order valence-corrected chi connectivity index (χ2v) is 7.61. The molecule has 0 aliphatic rings. The summed E-state index contributed by atoms with van der Waals surface area (Å²) in [5.74, 6) is 0.184. The Balaban J connectivity index is 2.89. The van der Waals surface area contributed by atoms with Gasteiger partial charge < -0.3 is 10.0 Å². The molecule has 0 aromatic heterocycles. The molecule has 20 heavy (non-hydrogen) atoms. The van der Waals surface area contributed by atoms with Crippen molar-refractivity contribution in [3.8, 4) is 0 Å². The van der Waals surface area contributed by atoms with Gasteiger partial charge in [-0.1, -0.05) is 32.0 Å². The van der Waals surface area contributed by atoms with E-state index < -0.39 is 9.84 Å². The van der Waals surface area contributed by atoms with Crippen LogP contribution in [0.2, 0.25) is 0 Å². The molecular formula is C15H25NO3S. The van der Waals surface area contributed by atoms with Crippen LogP contribution in [-0.4, -0.2) is 44.7 Å². The van der Waals surface area contributed by atoms with E-state index in [1.54, 1.807) is 0 Å². The fourth-order valence-corrected chi connectivity index (χ4v) is 3.58. The molecule has 1 aromatic carbocycles. The molecule has 0 heterocycles. The largest absolute Gasteiger partial charge is 0.394 e.